The van der Waals surface area contributed by atoms with E-state index in [1.54, 1.807) is 0 Å². The monoisotopic (exact) mass is 320 g/mol. The highest BCUT2D eigenvalue weighted by atomic mass is 19.4. The molecule has 1 fully saturated rings. The standard InChI is InChI=1S/C12H15F3N4O3/c1-17-3-4-18(7-10(17)12(13,14)15)11-9(22-2)5-8(6-16-11)19(20)21/h5-6,10H,3-4,7H2,1-2H3. The van der Waals surface area contributed by atoms with Crippen molar-refractivity contribution < 1.29 is 22.8 Å². The van der Waals surface area contributed by atoms with E-state index in [-0.39, 0.29) is 30.3 Å². The summed E-state index contributed by atoms with van der Waals surface area (Å²) in [5.41, 5.74) is -0.276. The van der Waals surface area contributed by atoms with Gasteiger partial charge in [0.1, 0.15) is 12.2 Å². The number of methoxy groups -OCH3 is 1. The van der Waals surface area contributed by atoms with E-state index in [4.69, 9.17) is 4.74 Å². The summed E-state index contributed by atoms with van der Waals surface area (Å²) in [6.07, 6.45) is -3.35. The average Bonchev–Trinajstić information content (AvgIpc) is 2.45. The molecule has 0 aliphatic carbocycles. The summed E-state index contributed by atoms with van der Waals surface area (Å²) in [7, 11) is 2.71. The van der Waals surface area contributed by atoms with Crippen molar-refractivity contribution in [2.24, 2.45) is 0 Å². The molecular weight excluding hydrogens is 305 g/mol. The summed E-state index contributed by atoms with van der Waals surface area (Å²) >= 11 is 0. The number of rotatable bonds is 3. The van der Waals surface area contributed by atoms with E-state index < -0.39 is 17.1 Å². The van der Waals surface area contributed by atoms with Crippen LogP contribution in [0.15, 0.2) is 12.3 Å². The predicted molar refractivity (Wildman–Crippen MR) is 72.1 cm³/mol. The molecule has 10 heteroatoms. The molecule has 7 nitrogen and oxygen atoms in total. The summed E-state index contributed by atoms with van der Waals surface area (Å²) in [6, 6.07) is -0.466. The lowest BCUT2D eigenvalue weighted by atomic mass is 10.1. The van der Waals surface area contributed by atoms with Gasteiger partial charge in [0.05, 0.1) is 18.1 Å². The number of anilines is 1. The van der Waals surface area contributed by atoms with Gasteiger partial charge in [0.2, 0.25) is 0 Å². The second-order valence-electron chi connectivity index (χ2n) is 4.96. The van der Waals surface area contributed by atoms with Crippen LogP contribution in [0.3, 0.4) is 0 Å². The number of hydrogen-bond donors (Lipinski definition) is 0. The van der Waals surface area contributed by atoms with E-state index in [1.165, 1.54) is 24.0 Å². The summed E-state index contributed by atoms with van der Waals surface area (Å²) in [5, 5.41) is 10.7. The summed E-state index contributed by atoms with van der Waals surface area (Å²) < 4.78 is 44.1. The molecule has 0 saturated carbocycles. The second-order valence-corrected chi connectivity index (χ2v) is 4.96. The largest absolute Gasteiger partial charge is 0.493 e. The molecule has 0 radical (unpaired) electrons. The smallest absolute Gasteiger partial charge is 0.405 e. The van der Waals surface area contributed by atoms with Gasteiger partial charge >= 0.3 is 6.18 Å². The van der Waals surface area contributed by atoms with Crippen molar-refractivity contribution in [1.29, 1.82) is 0 Å². The van der Waals surface area contributed by atoms with Crippen LogP contribution in [0.5, 0.6) is 5.75 Å². The fraction of sp³-hybridized carbons (Fsp3) is 0.583. The van der Waals surface area contributed by atoms with Gasteiger partial charge in [-0.25, -0.2) is 4.98 Å². The zero-order chi connectivity index (χ0) is 16.5. The van der Waals surface area contributed by atoms with Gasteiger partial charge in [-0.2, -0.15) is 13.2 Å². The molecule has 0 spiro atoms. The third-order valence-electron chi connectivity index (χ3n) is 3.57. The van der Waals surface area contributed by atoms with Gasteiger partial charge in [-0.05, 0) is 7.05 Å². The Kier molecular flexibility index (Phi) is 4.40. The van der Waals surface area contributed by atoms with E-state index in [0.29, 0.717) is 6.54 Å². The number of nitrogens with zero attached hydrogens (tertiary/aromatic N) is 4. The van der Waals surface area contributed by atoms with Gasteiger partial charge < -0.3 is 9.64 Å². The number of likely N-dealkylation sites (N-methyl/N-ethyl adjacent to an activating group) is 1. The number of hydrogen-bond acceptors (Lipinski definition) is 6. The maximum atomic E-state index is 13.0. The number of aromatic nitrogens is 1. The summed E-state index contributed by atoms with van der Waals surface area (Å²) in [4.78, 5) is 16.7. The number of halogens is 3. The minimum Gasteiger partial charge on any atom is -0.493 e. The molecule has 22 heavy (non-hydrogen) atoms. The molecule has 0 aromatic carbocycles. The first kappa shape index (κ1) is 16.3. The van der Waals surface area contributed by atoms with E-state index in [0.717, 1.165) is 12.3 Å². The average molecular weight is 320 g/mol. The lowest BCUT2D eigenvalue weighted by Gasteiger charge is -2.40. The molecule has 1 unspecified atom stereocenters. The zero-order valence-electron chi connectivity index (χ0n) is 12.0. The van der Waals surface area contributed by atoms with Gasteiger partial charge in [0.25, 0.3) is 5.69 Å². The molecule has 0 amide bonds. The fourth-order valence-corrected chi connectivity index (χ4v) is 2.33. The molecule has 2 rings (SSSR count). The molecule has 1 aromatic heterocycles. The molecule has 0 bridgehead atoms. The van der Waals surface area contributed by atoms with Crippen molar-refractivity contribution >= 4 is 11.5 Å². The van der Waals surface area contributed by atoms with Crippen LogP contribution >= 0.6 is 0 Å². The van der Waals surface area contributed by atoms with E-state index >= 15 is 0 Å². The lowest BCUT2D eigenvalue weighted by molar-refractivity contribution is -0.385. The number of ether oxygens (including phenoxy) is 1. The summed E-state index contributed by atoms with van der Waals surface area (Å²) in [6.45, 7) is 0.220. The Morgan fingerprint density at radius 2 is 2.14 bits per heavy atom. The number of piperazine rings is 1. The first-order valence-electron chi connectivity index (χ1n) is 6.44. The Balaban J connectivity index is 2.30. The van der Waals surface area contributed by atoms with E-state index in [2.05, 4.69) is 4.98 Å². The number of alkyl halides is 3. The van der Waals surface area contributed by atoms with Crippen molar-refractivity contribution in [2.75, 3.05) is 38.7 Å². The Labute approximate surface area is 124 Å². The van der Waals surface area contributed by atoms with Crippen molar-refractivity contribution in [3.05, 3.63) is 22.4 Å². The first-order valence-corrected chi connectivity index (χ1v) is 6.44. The normalized spacial score (nSPS) is 20.0. The highest BCUT2D eigenvalue weighted by molar-refractivity contribution is 5.56. The number of pyridine rings is 1. The van der Waals surface area contributed by atoms with Crippen LogP contribution in [-0.4, -0.2) is 60.8 Å². The number of nitro groups is 1. The minimum absolute atomic E-state index is 0.0830. The molecule has 1 aliphatic rings. The van der Waals surface area contributed by atoms with Gasteiger partial charge in [-0.1, -0.05) is 0 Å². The second kappa shape index (κ2) is 5.95. The van der Waals surface area contributed by atoms with Crippen LogP contribution in [0.25, 0.3) is 0 Å². The SMILES string of the molecule is COc1cc([N+](=O)[O-])cnc1N1CCN(C)C(C(F)(F)F)C1. The Morgan fingerprint density at radius 3 is 2.68 bits per heavy atom. The summed E-state index contributed by atoms with van der Waals surface area (Å²) in [5.74, 6) is 0.259. The highest BCUT2D eigenvalue weighted by Gasteiger charge is 2.45. The molecule has 1 saturated heterocycles. The van der Waals surface area contributed by atoms with Crippen molar-refractivity contribution in [3.8, 4) is 5.75 Å². The third kappa shape index (κ3) is 3.21. The topological polar surface area (TPSA) is 71.7 Å². The van der Waals surface area contributed by atoms with Crippen LogP contribution in [0.1, 0.15) is 0 Å². The van der Waals surface area contributed by atoms with Crippen LogP contribution in [0.2, 0.25) is 0 Å². The molecule has 1 atom stereocenters. The molecular formula is C12H15F3N4O3. The van der Waals surface area contributed by atoms with Gasteiger partial charge in [0, 0.05) is 19.6 Å². The van der Waals surface area contributed by atoms with Crippen LogP contribution in [0, 0.1) is 10.1 Å². The first-order chi connectivity index (χ1) is 10.2. The predicted octanol–water partition coefficient (Wildman–Crippen LogP) is 1.68. The molecule has 1 aromatic rings. The molecule has 122 valence electrons. The fourth-order valence-electron chi connectivity index (χ4n) is 2.33. The Hall–Kier alpha value is -2.10. The van der Waals surface area contributed by atoms with Gasteiger partial charge in [-0.15, -0.1) is 0 Å². The zero-order valence-corrected chi connectivity index (χ0v) is 12.0. The van der Waals surface area contributed by atoms with Crippen LogP contribution in [0.4, 0.5) is 24.7 Å². The third-order valence-corrected chi connectivity index (χ3v) is 3.57. The van der Waals surface area contributed by atoms with E-state index in [9.17, 15) is 23.3 Å². The van der Waals surface area contributed by atoms with Crippen LogP contribution in [-0.2, 0) is 0 Å². The van der Waals surface area contributed by atoms with Gasteiger partial charge in [-0.3, -0.25) is 15.0 Å². The minimum atomic E-state index is -4.36. The maximum Gasteiger partial charge on any atom is 0.405 e. The van der Waals surface area contributed by atoms with Crippen molar-refractivity contribution in [1.82, 2.24) is 9.88 Å². The van der Waals surface area contributed by atoms with E-state index in [1.807, 2.05) is 0 Å². The highest BCUT2D eigenvalue weighted by Crippen LogP contribution is 2.33. The Bertz CT molecular complexity index is 567. The van der Waals surface area contributed by atoms with Gasteiger partial charge in [0.15, 0.2) is 11.6 Å². The molecule has 0 N–H and O–H groups in total. The maximum absolute atomic E-state index is 13.0. The van der Waals surface area contributed by atoms with Crippen LogP contribution < -0.4 is 9.64 Å². The lowest BCUT2D eigenvalue weighted by Crippen LogP contribution is -2.57. The molecule has 2 heterocycles. The van der Waals surface area contributed by atoms with Crippen molar-refractivity contribution in [3.63, 3.8) is 0 Å². The van der Waals surface area contributed by atoms with Crippen molar-refractivity contribution in [2.45, 2.75) is 12.2 Å². The quantitative estimate of drug-likeness (QED) is 0.623. The Morgan fingerprint density at radius 1 is 1.45 bits per heavy atom. The molecule has 1 aliphatic heterocycles.